The van der Waals surface area contributed by atoms with Crippen molar-refractivity contribution in [3.8, 4) is 0 Å². The second-order valence-electron chi connectivity index (χ2n) is 4.46. The molecule has 1 aliphatic heterocycles. The SMILES string of the molecule is CCN(CC(=O)O)C(=O)N(CC)C1CCNCC1. The normalized spacial score (nSPS) is 16.3. The molecule has 0 radical (unpaired) electrons. The Hall–Kier alpha value is -1.30. The van der Waals surface area contributed by atoms with Crippen molar-refractivity contribution >= 4 is 12.0 Å². The lowest BCUT2D eigenvalue weighted by Crippen LogP contribution is -2.52. The zero-order valence-corrected chi connectivity index (χ0v) is 11.2. The third-order valence-corrected chi connectivity index (χ3v) is 3.31. The summed E-state index contributed by atoms with van der Waals surface area (Å²) in [5.41, 5.74) is 0. The maximum atomic E-state index is 12.3. The van der Waals surface area contributed by atoms with E-state index < -0.39 is 5.97 Å². The number of amides is 2. The van der Waals surface area contributed by atoms with Gasteiger partial charge in [0, 0.05) is 19.1 Å². The van der Waals surface area contributed by atoms with Gasteiger partial charge >= 0.3 is 12.0 Å². The molecule has 2 N–H and O–H groups in total. The summed E-state index contributed by atoms with van der Waals surface area (Å²) in [5, 5.41) is 12.1. The van der Waals surface area contributed by atoms with Crippen LogP contribution in [-0.2, 0) is 4.79 Å². The molecule has 0 unspecified atom stereocenters. The molecule has 18 heavy (non-hydrogen) atoms. The van der Waals surface area contributed by atoms with Gasteiger partial charge in [-0.1, -0.05) is 0 Å². The minimum atomic E-state index is -0.966. The van der Waals surface area contributed by atoms with Crippen molar-refractivity contribution in [2.45, 2.75) is 32.7 Å². The van der Waals surface area contributed by atoms with E-state index in [0.29, 0.717) is 13.1 Å². The first kappa shape index (κ1) is 14.8. The number of hydrogen-bond acceptors (Lipinski definition) is 3. The molecular weight excluding hydrogens is 234 g/mol. The number of rotatable bonds is 5. The molecule has 1 rings (SSSR count). The number of nitrogens with one attached hydrogen (secondary N) is 1. The first-order chi connectivity index (χ1) is 8.60. The van der Waals surface area contributed by atoms with Gasteiger partial charge in [0.15, 0.2) is 0 Å². The van der Waals surface area contributed by atoms with Crippen LogP contribution < -0.4 is 5.32 Å². The topological polar surface area (TPSA) is 72.9 Å². The number of piperidine rings is 1. The van der Waals surface area contributed by atoms with Gasteiger partial charge in [-0.15, -0.1) is 0 Å². The smallest absolute Gasteiger partial charge is 0.323 e. The molecule has 0 atom stereocenters. The highest BCUT2D eigenvalue weighted by atomic mass is 16.4. The number of carboxylic acid groups (broad SMARTS) is 1. The van der Waals surface area contributed by atoms with Crippen molar-refractivity contribution in [2.75, 3.05) is 32.7 Å². The maximum absolute atomic E-state index is 12.3. The Morgan fingerprint density at radius 3 is 2.28 bits per heavy atom. The summed E-state index contributed by atoms with van der Waals surface area (Å²) in [7, 11) is 0. The quantitative estimate of drug-likeness (QED) is 0.756. The average molecular weight is 257 g/mol. The van der Waals surface area contributed by atoms with Gasteiger partial charge in [-0.3, -0.25) is 4.79 Å². The maximum Gasteiger partial charge on any atom is 0.323 e. The monoisotopic (exact) mass is 257 g/mol. The molecule has 1 heterocycles. The van der Waals surface area contributed by atoms with E-state index in [-0.39, 0.29) is 18.6 Å². The first-order valence-corrected chi connectivity index (χ1v) is 6.58. The van der Waals surface area contributed by atoms with E-state index in [1.807, 2.05) is 6.92 Å². The average Bonchev–Trinajstić information content (AvgIpc) is 2.37. The van der Waals surface area contributed by atoms with Crippen LogP contribution >= 0.6 is 0 Å². The van der Waals surface area contributed by atoms with Crippen LogP contribution in [0.15, 0.2) is 0 Å². The van der Waals surface area contributed by atoms with E-state index in [1.54, 1.807) is 11.8 Å². The number of aliphatic carboxylic acids is 1. The molecule has 1 aliphatic rings. The molecule has 1 fully saturated rings. The molecule has 104 valence electrons. The van der Waals surface area contributed by atoms with Crippen molar-refractivity contribution in [3.63, 3.8) is 0 Å². The summed E-state index contributed by atoms with van der Waals surface area (Å²) < 4.78 is 0. The summed E-state index contributed by atoms with van der Waals surface area (Å²) in [5.74, 6) is -0.966. The fourth-order valence-electron chi connectivity index (χ4n) is 2.33. The Kier molecular flexibility index (Phi) is 5.91. The third-order valence-electron chi connectivity index (χ3n) is 3.31. The first-order valence-electron chi connectivity index (χ1n) is 6.58. The highest BCUT2D eigenvalue weighted by Crippen LogP contribution is 2.14. The fraction of sp³-hybridized carbons (Fsp3) is 0.833. The largest absolute Gasteiger partial charge is 0.480 e. The summed E-state index contributed by atoms with van der Waals surface area (Å²) in [4.78, 5) is 26.2. The molecule has 0 aromatic rings. The molecular formula is C12H23N3O3. The van der Waals surface area contributed by atoms with Gasteiger partial charge in [0.1, 0.15) is 6.54 Å². The fourth-order valence-corrected chi connectivity index (χ4v) is 2.33. The molecule has 6 heteroatoms. The van der Waals surface area contributed by atoms with E-state index in [2.05, 4.69) is 5.32 Å². The van der Waals surface area contributed by atoms with Crippen LogP contribution in [0.2, 0.25) is 0 Å². The van der Waals surface area contributed by atoms with E-state index >= 15 is 0 Å². The Bertz CT molecular complexity index is 290. The minimum Gasteiger partial charge on any atom is -0.480 e. The van der Waals surface area contributed by atoms with Crippen LogP contribution in [0.4, 0.5) is 4.79 Å². The van der Waals surface area contributed by atoms with Crippen molar-refractivity contribution in [1.29, 1.82) is 0 Å². The summed E-state index contributed by atoms with van der Waals surface area (Å²) in [6.45, 7) is 6.40. The summed E-state index contributed by atoms with van der Waals surface area (Å²) in [6.07, 6.45) is 1.87. The number of likely N-dealkylation sites (N-methyl/N-ethyl adjacent to an activating group) is 1. The number of urea groups is 1. The van der Waals surface area contributed by atoms with Gasteiger partial charge in [0.2, 0.25) is 0 Å². The van der Waals surface area contributed by atoms with Gasteiger partial charge in [-0.2, -0.15) is 0 Å². The molecule has 0 aromatic carbocycles. The van der Waals surface area contributed by atoms with Crippen LogP contribution in [-0.4, -0.2) is 65.7 Å². The highest BCUT2D eigenvalue weighted by Gasteiger charge is 2.27. The molecule has 0 aliphatic carbocycles. The van der Waals surface area contributed by atoms with Gasteiger partial charge in [0.05, 0.1) is 0 Å². The van der Waals surface area contributed by atoms with Crippen LogP contribution in [0.25, 0.3) is 0 Å². The van der Waals surface area contributed by atoms with Gasteiger partial charge in [-0.25, -0.2) is 4.79 Å². The Balaban J connectivity index is 2.66. The molecule has 6 nitrogen and oxygen atoms in total. The van der Waals surface area contributed by atoms with Crippen molar-refractivity contribution in [1.82, 2.24) is 15.1 Å². The summed E-state index contributed by atoms with van der Waals surface area (Å²) >= 11 is 0. The Morgan fingerprint density at radius 1 is 1.22 bits per heavy atom. The van der Waals surface area contributed by atoms with Crippen LogP contribution in [0.1, 0.15) is 26.7 Å². The molecule has 1 saturated heterocycles. The van der Waals surface area contributed by atoms with Crippen molar-refractivity contribution in [2.24, 2.45) is 0 Å². The zero-order chi connectivity index (χ0) is 13.5. The molecule has 0 saturated carbocycles. The van der Waals surface area contributed by atoms with Gasteiger partial charge in [0.25, 0.3) is 0 Å². The second kappa shape index (κ2) is 7.20. The lowest BCUT2D eigenvalue weighted by atomic mass is 10.1. The minimum absolute atomic E-state index is 0.158. The standard InChI is InChI=1S/C12H23N3O3/c1-3-14(9-11(16)17)12(18)15(4-2)10-5-7-13-8-6-10/h10,13H,3-9H2,1-2H3,(H,16,17). The number of carboxylic acids is 1. The van der Waals surface area contributed by atoms with E-state index in [0.717, 1.165) is 25.9 Å². The van der Waals surface area contributed by atoms with Crippen LogP contribution in [0.3, 0.4) is 0 Å². The van der Waals surface area contributed by atoms with Crippen LogP contribution in [0, 0.1) is 0 Å². The zero-order valence-electron chi connectivity index (χ0n) is 11.2. The highest BCUT2D eigenvalue weighted by molar-refractivity contribution is 5.80. The van der Waals surface area contributed by atoms with E-state index in [9.17, 15) is 9.59 Å². The van der Waals surface area contributed by atoms with Crippen molar-refractivity contribution < 1.29 is 14.7 Å². The lowest BCUT2D eigenvalue weighted by Gasteiger charge is -2.36. The van der Waals surface area contributed by atoms with E-state index in [1.165, 1.54) is 4.90 Å². The second-order valence-corrected chi connectivity index (χ2v) is 4.46. The Morgan fingerprint density at radius 2 is 1.83 bits per heavy atom. The van der Waals surface area contributed by atoms with Crippen molar-refractivity contribution in [3.05, 3.63) is 0 Å². The molecule has 0 spiro atoms. The number of carbonyl (C=O) groups is 2. The lowest BCUT2D eigenvalue weighted by molar-refractivity contribution is -0.137. The van der Waals surface area contributed by atoms with Gasteiger partial charge in [-0.05, 0) is 39.8 Å². The number of carbonyl (C=O) groups excluding carboxylic acids is 1. The molecule has 0 bridgehead atoms. The number of hydrogen-bond donors (Lipinski definition) is 2. The Labute approximate surface area is 108 Å². The van der Waals surface area contributed by atoms with Gasteiger partial charge < -0.3 is 20.2 Å². The summed E-state index contributed by atoms with van der Waals surface area (Å²) in [6, 6.07) is 0.0703. The molecule has 2 amide bonds. The predicted octanol–water partition coefficient (Wildman–Crippen LogP) is 0.587. The van der Waals surface area contributed by atoms with Crippen LogP contribution in [0.5, 0.6) is 0 Å². The van der Waals surface area contributed by atoms with E-state index in [4.69, 9.17) is 5.11 Å². The number of nitrogens with zero attached hydrogens (tertiary/aromatic N) is 2. The third kappa shape index (κ3) is 3.87. The predicted molar refractivity (Wildman–Crippen MR) is 68.6 cm³/mol. The molecule has 0 aromatic heterocycles.